The number of aromatic amines is 1. The monoisotopic (exact) mass is 315 g/mol. The van der Waals surface area contributed by atoms with Crippen LogP contribution in [0.25, 0.3) is 11.4 Å². The first kappa shape index (κ1) is 15.6. The fourth-order valence-electron chi connectivity index (χ4n) is 2.70. The molecule has 2 heterocycles. The molecule has 0 saturated carbocycles. The molecule has 0 bridgehead atoms. The van der Waals surface area contributed by atoms with Gasteiger partial charge in [-0.3, -0.25) is 14.8 Å². The van der Waals surface area contributed by atoms with Crippen LogP contribution in [0.15, 0.2) is 24.3 Å². The smallest absolute Gasteiger partial charge is 0.288 e. The number of carbonyl (C=O) groups is 1. The molecule has 1 aliphatic rings. The highest BCUT2D eigenvalue weighted by atomic mass is 16.5. The average Bonchev–Trinajstić information content (AvgIpc) is 3.11. The maximum Gasteiger partial charge on any atom is 0.288 e. The van der Waals surface area contributed by atoms with Crippen LogP contribution in [0, 0.1) is 0 Å². The molecule has 1 amide bonds. The largest absolute Gasteiger partial charge is 0.379 e. The van der Waals surface area contributed by atoms with Crippen LogP contribution in [0.5, 0.6) is 0 Å². The summed E-state index contributed by atoms with van der Waals surface area (Å²) in [5.41, 5.74) is 2.13. The summed E-state index contributed by atoms with van der Waals surface area (Å²) < 4.78 is 5.40. The van der Waals surface area contributed by atoms with Crippen molar-refractivity contribution >= 4 is 5.91 Å². The van der Waals surface area contributed by atoms with Crippen molar-refractivity contribution in [2.75, 3.05) is 33.4 Å². The van der Waals surface area contributed by atoms with Crippen LogP contribution in [0.2, 0.25) is 0 Å². The van der Waals surface area contributed by atoms with Gasteiger partial charge < -0.3 is 10.1 Å². The van der Waals surface area contributed by atoms with Crippen LogP contribution in [0.4, 0.5) is 0 Å². The maximum atomic E-state index is 11.5. The van der Waals surface area contributed by atoms with E-state index in [4.69, 9.17) is 4.74 Å². The molecule has 0 aliphatic carbocycles. The molecule has 1 aromatic heterocycles. The summed E-state index contributed by atoms with van der Waals surface area (Å²) in [4.78, 5) is 18.1. The fourth-order valence-corrected chi connectivity index (χ4v) is 2.70. The molecule has 1 aliphatic heterocycles. The molecule has 23 heavy (non-hydrogen) atoms. The topological polar surface area (TPSA) is 83.1 Å². The van der Waals surface area contributed by atoms with Crippen molar-refractivity contribution in [3.05, 3.63) is 35.7 Å². The second-order valence-electron chi connectivity index (χ2n) is 5.53. The van der Waals surface area contributed by atoms with Crippen LogP contribution in [0.3, 0.4) is 0 Å². The Morgan fingerprint density at radius 1 is 1.30 bits per heavy atom. The number of H-pyrrole nitrogens is 1. The van der Waals surface area contributed by atoms with E-state index in [1.807, 2.05) is 12.1 Å². The molecular formula is C16H21N5O2. The predicted molar refractivity (Wildman–Crippen MR) is 86.0 cm³/mol. The lowest BCUT2D eigenvalue weighted by molar-refractivity contribution is 0.0198. The van der Waals surface area contributed by atoms with E-state index in [2.05, 4.69) is 44.5 Å². The summed E-state index contributed by atoms with van der Waals surface area (Å²) in [6.45, 7) is 5.71. The second-order valence-corrected chi connectivity index (χ2v) is 5.53. The lowest BCUT2D eigenvalue weighted by atomic mass is 10.0. The minimum atomic E-state index is -0.277. The van der Waals surface area contributed by atoms with Crippen LogP contribution < -0.4 is 5.32 Å². The van der Waals surface area contributed by atoms with E-state index >= 15 is 0 Å². The second kappa shape index (κ2) is 6.89. The Balaban J connectivity index is 1.73. The molecule has 0 unspecified atom stereocenters. The van der Waals surface area contributed by atoms with Gasteiger partial charge in [-0.2, -0.15) is 5.10 Å². The fraction of sp³-hybridized carbons (Fsp3) is 0.438. The van der Waals surface area contributed by atoms with Crippen LogP contribution in [-0.4, -0.2) is 59.3 Å². The highest BCUT2D eigenvalue weighted by Crippen LogP contribution is 2.23. The third-order valence-electron chi connectivity index (χ3n) is 4.17. The Morgan fingerprint density at radius 2 is 2.00 bits per heavy atom. The van der Waals surface area contributed by atoms with Gasteiger partial charge in [0.1, 0.15) is 0 Å². The number of ether oxygens (including phenoxy) is 1. The Kier molecular flexibility index (Phi) is 4.68. The highest BCUT2D eigenvalue weighted by Gasteiger charge is 2.18. The minimum absolute atomic E-state index is 0.216. The summed E-state index contributed by atoms with van der Waals surface area (Å²) in [6, 6.07) is 8.50. The van der Waals surface area contributed by atoms with Crippen molar-refractivity contribution < 1.29 is 9.53 Å². The molecular weight excluding hydrogens is 294 g/mol. The third kappa shape index (κ3) is 3.40. The zero-order valence-corrected chi connectivity index (χ0v) is 13.4. The number of morpholine rings is 1. The quantitative estimate of drug-likeness (QED) is 0.886. The van der Waals surface area contributed by atoms with Crippen molar-refractivity contribution in [3.63, 3.8) is 0 Å². The first-order valence-electron chi connectivity index (χ1n) is 7.75. The first-order valence-corrected chi connectivity index (χ1v) is 7.75. The molecule has 1 fully saturated rings. The summed E-state index contributed by atoms with van der Waals surface area (Å²) >= 11 is 0. The summed E-state index contributed by atoms with van der Waals surface area (Å²) in [5, 5.41) is 9.26. The van der Waals surface area contributed by atoms with Crippen molar-refractivity contribution in [1.82, 2.24) is 25.4 Å². The Bertz CT molecular complexity index is 661. The zero-order chi connectivity index (χ0) is 16.2. The van der Waals surface area contributed by atoms with Gasteiger partial charge in [0.15, 0.2) is 5.82 Å². The van der Waals surface area contributed by atoms with Gasteiger partial charge in [0.25, 0.3) is 5.91 Å². The summed E-state index contributed by atoms with van der Waals surface area (Å²) in [7, 11) is 1.56. The number of nitrogens with zero attached hydrogens (tertiary/aromatic N) is 3. The van der Waals surface area contributed by atoms with E-state index in [-0.39, 0.29) is 11.7 Å². The normalized spacial score (nSPS) is 17.0. The van der Waals surface area contributed by atoms with Gasteiger partial charge in [-0.05, 0) is 12.5 Å². The minimum Gasteiger partial charge on any atom is -0.379 e. The third-order valence-corrected chi connectivity index (χ3v) is 4.17. The molecule has 1 saturated heterocycles. The number of hydrogen-bond acceptors (Lipinski definition) is 5. The van der Waals surface area contributed by atoms with Crippen molar-refractivity contribution in [3.8, 4) is 11.4 Å². The molecule has 7 heteroatoms. The number of nitrogens with one attached hydrogen (secondary N) is 2. The predicted octanol–water partition coefficient (Wildman–Crippen LogP) is 1.22. The Morgan fingerprint density at radius 3 is 2.65 bits per heavy atom. The number of carbonyl (C=O) groups excluding carboxylic acids is 1. The molecule has 3 rings (SSSR count). The molecule has 122 valence electrons. The van der Waals surface area contributed by atoms with Gasteiger partial charge in [0, 0.05) is 31.7 Å². The Hall–Kier alpha value is -2.25. The van der Waals surface area contributed by atoms with E-state index in [9.17, 15) is 4.79 Å². The highest BCUT2D eigenvalue weighted by molar-refractivity contribution is 5.90. The van der Waals surface area contributed by atoms with Gasteiger partial charge in [0.05, 0.1) is 13.2 Å². The number of benzene rings is 1. The summed E-state index contributed by atoms with van der Waals surface area (Å²) in [5.74, 6) is 0.462. The maximum absolute atomic E-state index is 11.5. The van der Waals surface area contributed by atoms with Crippen molar-refractivity contribution in [1.29, 1.82) is 0 Å². The van der Waals surface area contributed by atoms with Gasteiger partial charge in [-0.25, -0.2) is 4.98 Å². The van der Waals surface area contributed by atoms with Gasteiger partial charge in [-0.15, -0.1) is 0 Å². The van der Waals surface area contributed by atoms with E-state index in [0.29, 0.717) is 11.9 Å². The first-order chi connectivity index (χ1) is 11.2. The molecule has 7 nitrogen and oxygen atoms in total. The molecule has 1 atom stereocenters. The van der Waals surface area contributed by atoms with E-state index < -0.39 is 0 Å². The molecule has 0 radical (unpaired) electrons. The zero-order valence-electron chi connectivity index (χ0n) is 13.4. The molecule has 2 N–H and O–H groups in total. The standard InChI is InChI=1S/C16H21N5O2/c1-11(21-7-9-23-10-8-21)12-3-5-13(6-4-12)14-18-15(20-19-14)16(22)17-2/h3-6,11H,7-10H2,1-2H3,(H,17,22)(H,18,19,20)/t11-/m0/s1. The van der Waals surface area contributed by atoms with E-state index in [1.54, 1.807) is 7.05 Å². The van der Waals surface area contributed by atoms with E-state index in [0.717, 1.165) is 31.9 Å². The summed E-state index contributed by atoms with van der Waals surface area (Å²) in [6.07, 6.45) is 0. The molecule has 0 spiro atoms. The number of rotatable bonds is 4. The Labute approximate surface area is 135 Å². The lowest BCUT2D eigenvalue weighted by Crippen LogP contribution is -2.37. The van der Waals surface area contributed by atoms with Gasteiger partial charge >= 0.3 is 0 Å². The molecule has 1 aromatic carbocycles. The number of amides is 1. The van der Waals surface area contributed by atoms with Crippen LogP contribution in [0.1, 0.15) is 29.1 Å². The average molecular weight is 315 g/mol. The van der Waals surface area contributed by atoms with Gasteiger partial charge in [-0.1, -0.05) is 24.3 Å². The van der Waals surface area contributed by atoms with Crippen molar-refractivity contribution in [2.45, 2.75) is 13.0 Å². The SMILES string of the molecule is CNC(=O)c1nc(-c2ccc([C@H](C)N3CCOCC3)cc2)n[nH]1. The van der Waals surface area contributed by atoms with Gasteiger partial charge in [0.2, 0.25) is 5.82 Å². The number of hydrogen-bond donors (Lipinski definition) is 2. The lowest BCUT2D eigenvalue weighted by Gasteiger charge is -2.32. The van der Waals surface area contributed by atoms with Crippen molar-refractivity contribution in [2.24, 2.45) is 0 Å². The van der Waals surface area contributed by atoms with Crippen LogP contribution in [-0.2, 0) is 4.74 Å². The van der Waals surface area contributed by atoms with Crippen LogP contribution >= 0.6 is 0 Å². The molecule has 2 aromatic rings. The van der Waals surface area contributed by atoms with E-state index in [1.165, 1.54) is 5.56 Å². The number of aromatic nitrogens is 3.